The van der Waals surface area contributed by atoms with Crippen LogP contribution in [0.2, 0.25) is 0 Å². The van der Waals surface area contributed by atoms with Crippen LogP contribution in [0.25, 0.3) is 0 Å². The Labute approximate surface area is 85.4 Å². The highest BCUT2D eigenvalue weighted by Gasteiger charge is 2.76. The lowest BCUT2D eigenvalue weighted by Crippen LogP contribution is -2.55. The molecule has 12 heteroatoms. The summed E-state index contributed by atoms with van der Waals surface area (Å²) in [6, 6.07) is 0. The van der Waals surface area contributed by atoms with E-state index in [2.05, 4.69) is 0 Å². The molecule has 15 heavy (non-hydrogen) atoms. The van der Waals surface area contributed by atoms with Crippen molar-refractivity contribution >= 4 is 23.6 Å². The van der Waals surface area contributed by atoms with E-state index in [1.807, 2.05) is 0 Å². The third-order valence-electron chi connectivity index (χ3n) is 1.04. The van der Waals surface area contributed by atoms with Gasteiger partial charge in [0.2, 0.25) is 0 Å². The average molecular weight is 284 g/mol. The minimum atomic E-state index is -7.10. The Balaban J connectivity index is 0. The molecule has 0 atom stereocenters. The zero-order valence-corrected chi connectivity index (χ0v) is 8.33. The van der Waals surface area contributed by atoms with Gasteiger partial charge in [-0.15, -0.1) is 0 Å². The van der Waals surface area contributed by atoms with Crippen LogP contribution in [0.1, 0.15) is 0 Å². The molecule has 0 saturated heterocycles. The van der Waals surface area contributed by atoms with Gasteiger partial charge in [-0.25, -0.2) is 8.42 Å². The highest BCUT2D eigenvalue weighted by Crippen LogP contribution is 2.48. The van der Waals surface area contributed by atoms with Crippen LogP contribution in [-0.2, 0) is 23.6 Å². The van der Waals surface area contributed by atoms with Gasteiger partial charge < -0.3 is 4.55 Å². The van der Waals surface area contributed by atoms with Gasteiger partial charge in [-0.2, -0.15) is 30.7 Å². The maximum atomic E-state index is 11.8. The van der Waals surface area contributed by atoms with Crippen molar-refractivity contribution in [3.63, 3.8) is 0 Å². The molecule has 0 unspecified atom stereocenters. The fourth-order valence-electron chi connectivity index (χ4n) is 0.322. The van der Waals surface area contributed by atoms with E-state index in [-0.39, 0.29) is 13.5 Å². The van der Waals surface area contributed by atoms with Gasteiger partial charge in [-0.3, -0.25) is 0 Å². The molecule has 0 radical (unpaired) electrons. The lowest BCUT2D eigenvalue weighted by molar-refractivity contribution is -0.333. The highest BCUT2D eigenvalue weighted by atomic mass is 32.2. The summed E-state index contributed by atoms with van der Waals surface area (Å²) in [5, 5.41) is -6.72. The minimum absolute atomic E-state index is 0. The van der Waals surface area contributed by atoms with Crippen LogP contribution in [0.3, 0.4) is 0 Å². The summed E-state index contributed by atoms with van der Waals surface area (Å²) >= 11 is 0. The van der Waals surface area contributed by atoms with Crippen molar-refractivity contribution < 1.29 is 43.7 Å². The van der Waals surface area contributed by atoms with Gasteiger partial charge >= 0.3 is 17.4 Å². The molecule has 0 saturated carbocycles. The predicted molar refractivity (Wildman–Crippen MR) is 37.2 cm³/mol. The molecule has 0 aliphatic heterocycles. The molecule has 0 aromatic carbocycles. The van der Waals surface area contributed by atoms with E-state index in [0.29, 0.717) is 0 Å². The molecule has 0 aromatic heterocycles. The minimum Gasteiger partial charge on any atom is -0.743 e. The number of hydrogen-bond acceptors (Lipinski definition) is 3. The molecule has 0 spiro atoms. The van der Waals surface area contributed by atoms with Gasteiger partial charge in [-0.1, -0.05) is 13.5 Å². The fourth-order valence-corrected chi connectivity index (χ4v) is 0.752. The van der Waals surface area contributed by atoms with Gasteiger partial charge in [0.05, 0.1) is 0 Å². The largest absolute Gasteiger partial charge is 0.743 e. The first-order valence-corrected chi connectivity index (χ1v) is 3.94. The molecule has 0 rings (SSSR count). The van der Waals surface area contributed by atoms with Crippen molar-refractivity contribution in [3.8, 4) is 0 Å². The lowest BCUT2D eigenvalue weighted by Gasteiger charge is -2.29. The van der Waals surface area contributed by atoms with Crippen molar-refractivity contribution in [2.45, 2.75) is 17.4 Å². The fraction of sp³-hybridized carbons (Fsp3) is 1.00. The molecule has 94 valence electrons. The normalized spacial score (nSPS) is 14.7. The predicted octanol–water partition coefficient (Wildman–Crippen LogP) is 0.516. The molecular formula is C3H3F7O3S2. The first-order valence-electron chi connectivity index (χ1n) is 2.53. The molecule has 0 fully saturated rings. The second-order valence-corrected chi connectivity index (χ2v) is 3.46. The molecule has 0 aliphatic carbocycles. The Morgan fingerprint density at radius 3 is 1.20 bits per heavy atom. The number of hydrogen-bond donors (Lipinski definition) is 0. The van der Waals surface area contributed by atoms with Gasteiger partial charge in [0, 0.05) is 0 Å². The van der Waals surface area contributed by atoms with Crippen molar-refractivity contribution in [1.29, 1.82) is 0 Å². The van der Waals surface area contributed by atoms with E-state index in [9.17, 15) is 43.7 Å². The van der Waals surface area contributed by atoms with E-state index in [1.54, 1.807) is 0 Å². The first kappa shape index (κ1) is 17.2. The van der Waals surface area contributed by atoms with E-state index in [0.717, 1.165) is 0 Å². The summed E-state index contributed by atoms with van der Waals surface area (Å²) < 4.78 is 109. The summed E-state index contributed by atoms with van der Waals surface area (Å²) in [7, 11) is -7.10. The van der Waals surface area contributed by atoms with Gasteiger partial charge in [-0.05, 0) is 0 Å². The summed E-state index contributed by atoms with van der Waals surface area (Å²) in [6.07, 6.45) is -6.83. The van der Waals surface area contributed by atoms with E-state index < -0.39 is 27.5 Å². The van der Waals surface area contributed by atoms with Crippen LogP contribution >= 0.6 is 0 Å². The third-order valence-corrected chi connectivity index (χ3v) is 1.92. The highest BCUT2D eigenvalue weighted by molar-refractivity contribution is 7.86. The topological polar surface area (TPSA) is 57.2 Å². The van der Waals surface area contributed by atoms with Crippen LogP contribution in [0.15, 0.2) is 0 Å². The molecule has 0 heterocycles. The molecular weight excluding hydrogens is 281 g/mol. The van der Waals surface area contributed by atoms with Crippen LogP contribution in [0, 0.1) is 0 Å². The molecule has 0 N–H and O–H groups in total. The second-order valence-electron chi connectivity index (χ2n) is 2.04. The molecule has 0 aromatic rings. The van der Waals surface area contributed by atoms with Gasteiger partial charge in [0.15, 0.2) is 10.1 Å². The maximum Gasteiger partial charge on any atom is 0.461 e. The first-order chi connectivity index (χ1) is 5.75. The third kappa shape index (κ3) is 2.66. The summed E-state index contributed by atoms with van der Waals surface area (Å²) in [4.78, 5) is 0. The lowest BCUT2D eigenvalue weighted by atomic mass is 10.3. The van der Waals surface area contributed by atoms with Crippen LogP contribution in [-0.4, -0.2) is 30.3 Å². The zero-order valence-electron chi connectivity index (χ0n) is 6.36. The second kappa shape index (κ2) is 3.97. The molecule has 0 bridgehead atoms. The standard InChI is InChI=1S/C3HF7O3S.H2S/c4-1(5,2(6,7)8)3(9,10)14(11,12)13;/h(H,11,12,13);1H2. The average Bonchev–Trinajstić information content (AvgIpc) is 1.81. The summed E-state index contributed by atoms with van der Waals surface area (Å²) in [6.45, 7) is 0. The maximum absolute atomic E-state index is 11.8. The van der Waals surface area contributed by atoms with Crippen molar-refractivity contribution in [2.24, 2.45) is 0 Å². The quantitative estimate of drug-likeness (QED) is 0.422. The molecule has 3 nitrogen and oxygen atoms in total. The smallest absolute Gasteiger partial charge is 0.461 e. The summed E-state index contributed by atoms with van der Waals surface area (Å²) in [5.41, 5.74) is 0. The Morgan fingerprint density at radius 1 is 0.867 bits per heavy atom. The van der Waals surface area contributed by atoms with Gasteiger partial charge in [0.1, 0.15) is 0 Å². The molecule has 0 aliphatic rings. The Morgan fingerprint density at radius 2 is 1.13 bits per heavy atom. The Kier molecular flexibility index (Phi) is 4.55. The van der Waals surface area contributed by atoms with Crippen LogP contribution in [0.5, 0.6) is 0 Å². The van der Waals surface area contributed by atoms with Crippen molar-refractivity contribution in [3.05, 3.63) is 0 Å². The Hall–Kier alpha value is -0.230. The van der Waals surface area contributed by atoms with Crippen molar-refractivity contribution in [2.75, 3.05) is 0 Å². The monoisotopic (exact) mass is 284 g/mol. The van der Waals surface area contributed by atoms with Gasteiger partial charge in [0.25, 0.3) is 0 Å². The zero-order chi connectivity index (χ0) is 12.0. The van der Waals surface area contributed by atoms with E-state index in [4.69, 9.17) is 0 Å². The number of rotatable bonds is 2. The number of alkyl halides is 7. The number of halogens is 7. The van der Waals surface area contributed by atoms with E-state index >= 15 is 0 Å². The van der Waals surface area contributed by atoms with Crippen molar-refractivity contribution in [1.82, 2.24) is 0 Å². The SMILES string of the molecule is O=S(=O)([O-])C(F)(F)C(F)(F)C(F)(F)F.[SH3+]. The van der Waals surface area contributed by atoms with E-state index in [1.165, 1.54) is 0 Å². The summed E-state index contributed by atoms with van der Waals surface area (Å²) in [5.74, 6) is -6.92. The Bertz CT molecular complexity index is 317. The molecule has 0 amide bonds. The van der Waals surface area contributed by atoms with Crippen LogP contribution < -0.4 is 0 Å². The van der Waals surface area contributed by atoms with Crippen LogP contribution in [0.4, 0.5) is 30.7 Å².